The lowest BCUT2D eigenvalue weighted by Gasteiger charge is -2.58. The number of hydrogen-bond acceptors (Lipinski definition) is 8. The number of nitrogens with one attached hydrogen (secondary N) is 1. The largest absolute Gasteiger partial charge is 0.490 e. The minimum atomic E-state index is -4.01. The predicted molar refractivity (Wildman–Crippen MR) is 217 cm³/mol. The van der Waals surface area contributed by atoms with Crippen molar-refractivity contribution in [2.24, 2.45) is 23.2 Å². The van der Waals surface area contributed by atoms with Crippen LogP contribution in [0.25, 0.3) is 0 Å². The number of carbonyl (C=O) groups excluding carboxylic acids is 2. The van der Waals surface area contributed by atoms with Gasteiger partial charge in [-0.15, -0.1) is 0 Å². The van der Waals surface area contributed by atoms with Crippen LogP contribution >= 0.6 is 11.6 Å². The van der Waals surface area contributed by atoms with Crippen LogP contribution in [0.15, 0.2) is 36.4 Å². The van der Waals surface area contributed by atoms with Crippen molar-refractivity contribution >= 4 is 39.1 Å². The van der Waals surface area contributed by atoms with Crippen LogP contribution in [-0.4, -0.2) is 101 Å². The van der Waals surface area contributed by atoms with E-state index in [-0.39, 0.29) is 46.5 Å². The van der Waals surface area contributed by atoms with Crippen LogP contribution in [0.2, 0.25) is 5.02 Å². The maximum Gasteiger partial charge on any atom is 0.264 e. The number of rotatable bonds is 4. The Morgan fingerprint density at radius 3 is 2.56 bits per heavy atom. The van der Waals surface area contributed by atoms with E-state index in [1.165, 1.54) is 11.1 Å². The first kappa shape index (κ1) is 40.3. The second-order valence-electron chi connectivity index (χ2n) is 18.4. The molecule has 3 aliphatic heterocycles. The number of likely N-dealkylation sites (tertiary alicyclic amines) is 1. The van der Waals surface area contributed by atoms with Gasteiger partial charge < -0.3 is 24.2 Å². The van der Waals surface area contributed by atoms with Gasteiger partial charge in [-0.3, -0.25) is 9.59 Å². The molecule has 1 saturated carbocycles. The molecule has 0 aromatic heterocycles. The number of sulfonamides is 1. The molecule has 7 rings (SSSR count). The number of anilines is 1. The van der Waals surface area contributed by atoms with Crippen molar-refractivity contribution in [2.75, 3.05) is 58.9 Å². The quantitative estimate of drug-likeness (QED) is 0.366. The minimum Gasteiger partial charge on any atom is -0.490 e. The summed E-state index contributed by atoms with van der Waals surface area (Å²) in [6, 6.07) is 11.9. The molecule has 1 saturated heterocycles. The average molecular weight is 798 g/mol. The summed E-state index contributed by atoms with van der Waals surface area (Å²) in [4.78, 5) is 34.8. The Kier molecular flexibility index (Phi) is 11.1. The second kappa shape index (κ2) is 15.1. The van der Waals surface area contributed by atoms with Gasteiger partial charge in [0.25, 0.3) is 5.91 Å². The van der Waals surface area contributed by atoms with E-state index in [2.05, 4.69) is 54.6 Å². The Balaban J connectivity index is 1.32. The molecule has 2 fully saturated rings. The zero-order valence-electron chi connectivity index (χ0n) is 33.8. The molecular formula is C43H61ClN4O6S. The lowest BCUT2D eigenvalue weighted by Crippen LogP contribution is -2.60. The molecule has 5 aliphatic rings. The van der Waals surface area contributed by atoms with Crippen LogP contribution in [0.3, 0.4) is 0 Å². The van der Waals surface area contributed by atoms with Gasteiger partial charge >= 0.3 is 0 Å². The fourth-order valence-corrected chi connectivity index (χ4v) is 12.5. The Hall–Kier alpha value is -2.86. The number of halogens is 1. The van der Waals surface area contributed by atoms with E-state index in [0.717, 1.165) is 55.8 Å². The summed E-state index contributed by atoms with van der Waals surface area (Å²) in [5, 5.41) is -0.0871. The first-order chi connectivity index (χ1) is 26.0. The molecule has 2 aromatic rings. The third kappa shape index (κ3) is 7.64. The summed E-state index contributed by atoms with van der Waals surface area (Å²) in [5.74, 6) is 0.0458. The number of fused-ring (bicyclic) bond motifs is 4. The van der Waals surface area contributed by atoms with E-state index in [4.69, 9.17) is 21.1 Å². The van der Waals surface area contributed by atoms with Crippen molar-refractivity contribution in [1.82, 2.24) is 14.5 Å². The number of benzene rings is 2. The molecule has 2 aromatic carbocycles. The molecule has 2 unspecified atom stereocenters. The number of amides is 2. The Labute approximate surface area is 333 Å². The Bertz CT molecular complexity index is 1910. The molecule has 10 nitrogen and oxygen atoms in total. The molecule has 0 radical (unpaired) electrons. The summed E-state index contributed by atoms with van der Waals surface area (Å²) >= 11 is 6.52. The van der Waals surface area contributed by atoms with Crippen LogP contribution in [0.4, 0.5) is 5.69 Å². The normalized spacial score (nSPS) is 34.9. The zero-order valence-corrected chi connectivity index (χ0v) is 35.4. The predicted octanol–water partition coefficient (Wildman–Crippen LogP) is 6.68. The molecule has 2 bridgehead atoms. The van der Waals surface area contributed by atoms with Crippen molar-refractivity contribution in [3.8, 4) is 5.75 Å². The van der Waals surface area contributed by atoms with Crippen molar-refractivity contribution in [3.05, 3.63) is 58.1 Å². The van der Waals surface area contributed by atoms with Crippen molar-refractivity contribution in [3.63, 3.8) is 0 Å². The summed E-state index contributed by atoms with van der Waals surface area (Å²) < 4.78 is 43.4. The van der Waals surface area contributed by atoms with Crippen molar-refractivity contribution in [2.45, 2.75) is 108 Å². The lowest BCUT2D eigenvalue weighted by molar-refractivity contribution is -0.170. The highest BCUT2D eigenvalue weighted by atomic mass is 35.5. The Morgan fingerprint density at radius 1 is 1.09 bits per heavy atom. The zero-order chi connectivity index (χ0) is 39.5. The van der Waals surface area contributed by atoms with Gasteiger partial charge in [0.15, 0.2) is 0 Å². The van der Waals surface area contributed by atoms with Gasteiger partial charge in [-0.25, -0.2) is 13.1 Å². The maximum absolute atomic E-state index is 14.4. The summed E-state index contributed by atoms with van der Waals surface area (Å²) in [5.41, 5.74) is 2.24. The summed E-state index contributed by atoms with van der Waals surface area (Å²) in [7, 11) is 1.92. The molecule has 1 N–H and O–H groups in total. The van der Waals surface area contributed by atoms with E-state index in [9.17, 15) is 18.0 Å². The average Bonchev–Trinajstić information content (AvgIpc) is 3.58. The summed E-state index contributed by atoms with van der Waals surface area (Å²) in [6.07, 6.45) is 7.26. The number of aryl methyl sites for hydroxylation is 1. The SMILES string of the molecule is CO[C@]1(CC(=O)N2CC[C@@H](N(C)C)C2)CC(C)C[C@H](C)[C@@H](C)S(=O)(=O)NC(=O)c2ccc3c(c2)N(CC2(C)CC[C@H]21)C[C@@]1(CCCc2cc(Cl)ccc21)CO3. The summed E-state index contributed by atoms with van der Waals surface area (Å²) in [6.45, 7) is 11.4. The fourth-order valence-electron chi connectivity index (χ4n) is 11.0. The molecule has 302 valence electrons. The first-order valence-corrected chi connectivity index (χ1v) is 22.3. The molecule has 8 atom stereocenters. The van der Waals surface area contributed by atoms with Crippen molar-refractivity contribution in [1.29, 1.82) is 0 Å². The molecule has 55 heavy (non-hydrogen) atoms. The van der Waals surface area contributed by atoms with Crippen LogP contribution in [0, 0.1) is 23.2 Å². The van der Waals surface area contributed by atoms with Crippen LogP contribution in [0.1, 0.15) is 101 Å². The Morgan fingerprint density at radius 2 is 1.87 bits per heavy atom. The number of hydrogen-bond donors (Lipinski definition) is 1. The molecule has 1 spiro atoms. The fraction of sp³-hybridized carbons (Fsp3) is 0.674. The van der Waals surface area contributed by atoms with E-state index in [0.29, 0.717) is 50.9 Å². The van der Waals surface area contributed by atoms with Gasteiger partial charge in [-0.2, -0.15) is 0 Å². The number of nitrogens with zero attached hydrogens (tertiary/aromatic N) is 3. The number of ether oxygens (including phenoxy) is 2. The monoisotopic (exact) mass is 796 g/mol. The third-order valence-corrected chi connectivity index (χ3v) is 16.6. The maximum atomic E-state index is 14.4. The van der Waals surface area contributed by atoms with Gasteiger partial charge in [0.2, 0.25) is 15.9 Å². The van der Waals surface area contributed by atoms with E-state index in [1.807, 2.05) is 30.0 Å². The number of carbonyl (C=O) groups is 2. The second-order valence-corrected chi connectivity index (χ2v) is 20.9. The van der Waals surface area contributed by atoms with E-state index < -0.39 is 26.8 Å². The third-order valence-electron chi connectivity index (χ3n) is 14.4. The van der Waals surface area contributed by atoms with Crippen LogP contribution < -0.4 is 14.4 Å². The number of methoxy groups -OCH3 is 1. The van der Waals surface area contributed by atoms with E-state index >= 15 is 0 Å². The highest BCUT2D eigenvalue weighted by molar-refractivity contribution is 7.90. The first-order valence-electron chi connectivity index (χ1n) is 20.3. The molecule has 2 aliphatic carbocycles. The topological polar surface area (TPSA) is 108 Å². The molecule has 2 amide bonds. The van der Waals surface area contributed by atoms with Crippen molar-refractivity contribution < 1.29 is 27.5 Å². The number of likely N-dealkylation sites (N-methyl/N-ethyl adjacent to an activating group) is 1. The van der Waals surface area contributed by atoms with Gasteiger partial charge in [0.05, 0.1) is 29.6 Å². The molecule has 3 heterocycles. The highest BCUT2D eigenvalue weighted by Gasteiger charge is 2.57. The highest BCUT2D eigenvalue weighted by Crippen LogP contribution is 2.58. The molecule has 12 heteroatoms. The van der Waals surface area contributed by atoms with Gasteiger partial charge in [-0.1, -0.05) is 38.4 Å². The standard InChI is InChI=1S/C43H61ClN4O6S/c1-28-19-29(2)30(3)55(51,52)45-40(50)32-10-13-37-36(21-32)48(26-42(27-54-37)16-8-9-31-20-33(44)11-12-35(31)42)25-41(4)17-14-38(41)43(22-28,53-7)23-39(49)47-18-15-34(24-47)46(5)6/h10-13,20-21,28-30,34,38H,8-9,14-19,22-27H2,1-7H3,(H,45,50)/t28?,29-,30+,34+,38+,41?,42-,43-/m0/s1. The van der Waals surface area contributed by atoms with Crippen LogP contribution in [0.5, 0.6) is 5.75 Å². The van der Waals surface area contributed by atoms with Crippen LogP contribution in [-0.2, 0) is 31.4 Å². The van der Waals surface area contributed by atoms with Gasteiger partial charge in [0.1, 0.15) is 5.75 Å². The van der Waals surface area contributed by atoms with Gasteiger partial charge in [-0.05, 0) is 137 Å². The molecular weight excluding hydrogens is 736 g/mol. The van der Waals surface area contributed by atoms with Gasteiger partial charge in [0, 0.05) is 55.3 Å². The minimum absolute atomic E-state index is 0.0571. The van der Waals surface area contributed by atoms with E-state index in [1.54, 1.807) is 20.1 Å². The smallest absolute Gasteiger partial charge is 0.264 e. The lowest BCUT2D eigenvalue weighted by atomic mass is 9.52.